The zero-order chi connectivity index (χ0) is 8.65. The molecule has 0 radical (unpaired) electrons. The lowest BCUT2D eigenvalue weighted by Gasteiger charge is -2.26. The smallest absolute Gasteiger partial charge is 0.0621 e. The molecule has 0 aromatic carbocycles. The van der Waals surface area contributed by atoms with Crippen LogP contribution in [-0.2, 0) is 0 Å². The van der Waals surface area contributed by atoms with Crippen molar-refractivity contribution in [3.8, 4) is 6.07 Å². The van der Waals surface area contributed by atoms with Crippen LogP contribution in [0.3, 0.4) is 0 Å². The number of nitriles is 1. The summed E-state index contributed by atoms with van der Waals surface area (Å²) in [5.74, 6) is 0. The molecule has 0 spiro atoms. The molecule has 0 bridgehead atoms. The molecule has 12 heavy (non-hydrogen) atoms. The van der Waals surface area contributed by atoms with Gasteiger partial charge in [0.05, 0.1) is 6.07 Å². The van der Waals surface area contributed by atoms with Crippen LogP contribution in [0, 0.1) is 11.3 Å². The molecule has 0 saturated carbocycles. The summed E-state index contributed by atoms with van der Waals surface area (Å²) in [6.45, 7) is 5.76. The normalized spacial score (nSPS) is 18.9. The molecule has 0 aliphatic carbocycles. The first kappa shape index (κ1) is 9.50. The van der Waals surface area contributed by atoms with Gasteiger partial charge in [0.25, 0.3) is 0 Å². The maximum Gasteiger partial charge on any atom is 0.0621 e. The van der Waals surface area contributed by atoms with Crippen LogP contribution in [0.25, 0.3) is 0 Å². The number of unbranched alkanes of at least 4 members (excludes halogenated alkanes) is 2. The number of nitrogens with one attached hydrogen (secondary N) is 1. The third kappa shape index (κ3) is 3.70. The van der Waals surface area contributed by atoms with E-state index in [2.05, 4.69) is 16.3 Å². The Balaban J connectivity index is 1.95. The monoisotopic (exact) mass is 167 g/mol. The maximum atomic E-state index is 8.33. The van der Waals surface area contributed by atoms with Gasteiger partial charge in [-0.25, -0.2) is 0 Å². The lowest BCUT2D eigenvalue weighted by atomic mass is 10.2. The summed E-state index contributed by atoms with van der Waals surface area (Å²) in [6.07, 6.45) is 2.94. The van der Waals surface area contributed by atoms with Crippen molar-refractivity contribution in [2.75, 3.05) is 32.7 Å². The molecular formula is C9H17N3. The van der Waals surface area contributed by atoms with Crippen LogP contribution in [0.2, 0.25) is 0 Å². The summed E-state index contributed by atoms with van der Waals surface area (Å²) >= 11 is 0. The van der Waals surface area contributed by atoms with Crippen LogP contribution >= 0.6 is 0 Å². The van der Waals surface area contributed by atoms with Crippen molar-refractivity contribution >= 4 is 0 Å². The second-order valence-corrected chi connectivity index (χ2v) is 3.21. The zero-order valence-corrected chi connectivity index (χ0v) is 7.55. The molecule has 3 heteroatoms. The molecule has 1 aliphatic rings. The first-order valence-electron chi connectivity index (χ1n) is 4.73. The Labute approximate surface area is 74.4 Å². The van der Waals surface area contributed by atoms with Crippen LogP contribution in [-0.4, -0.2) is 37.6 Å². The molecule has 1 aliphatic heterocycles. The van der Waals surface area contributed by atoms with Crippen molar-refractivity contribution in [3.63, 3.8) is 0 Å². The van der Waals surface area contributed by atoms with Gasteiger partial charge >= 0.3 is 0 Å². The van der Waals surface area contributed by atoms with Gasteiger partial charge in [-0.3, -0.25) is 0 Å². The van der Waals surface area contributed by atoms with Crippen LogP contribution in [0.15, 0.2) is 0 Å². The van der Waals surface area contributed by atoms with Crippen LogP contribution in [0.4, 0.5) is 0 Å². The molecule has 1 saturated heterocycles. The summed E-state index contributed by atoms with van der Waals surface area (Å²) in [4.78, 5) is 2.47. The molecule has 0 unspecified atom stereocenters. The molecule has 0 aromatic heterocycles. The summed E-state index contributed by atoms with van der Waals surface area (Å²) in [7, 11) is 0. The number of piperazine rings is 1. The highest BCUT2D eigenvalue weighted by molar-refractivity contribution is 4.71. The topological polar surface area (TPSA) is 39.1 Å². The van der Waals surface area contributed by atoms with E-state index in [-0.39, 0.29) is 0 Å². The average Bonchev–Trinajstić information content (AvgIpc) is 2.14. The fourth-order valence-corrected chi connectivity index (χ4v) is 1.47. The summed E-state index contributed by atoms with van der Waals surface area (Å²) in [5, 5.41) is 11.7. The molecule has 0 amide bonds. The van der Waals surface area contributed by atoms with Gasteiger partial charge in [-0.15, -0.1) is 0 Å². The van der Waals surface area contributed by atoms with Gasteiger partial charge in [0, 0.05) is 32.6 Å². The molecule has 1 heterocycles. The van der Waals surface area contributed by atoms with E-state index in [4.69, 9.17) is 5.26 Å². The van der Waals surface area contributed by atoms with Crippen molar-refractivity contribution < 1.29 is 0 Å². The van der Waals surface area contributed by atoms with Crippen LogP contribution in [0.1, 0.15) is 19.3 Å². The highest BCUT2D eigenvalue weighted by Gasteiger charge is 2.07. The highest BCUT2D eigenvalue weighted by atomic mass is 15.2. The second kappa shape index (κ2) is 5.99. The predicted molar refractivity (Wildman–Crippen MR) is 48.8 cm³/mol. The number of nitrogens with zero attached hydrogens (tertiary/aromatic N) is 2. The van der Waals surface area contributed by atoms with E-state index in [0.29, 0.717) is 6.42 Å². The van der Waals surface area contributed by atoms with Gasteiger partial charge in [0.1, 0.15) is 0 Å². The Kier molecular flexibility index (Phi) is 4.74. The number of rotatable bonds is 4. The fourth-order valence-electron chi connectivity index (χ4n) is 1.47. The van der Waals surface area contributed by atoms with Gasteiger partial charge in [-0.05, 0) is 19.4 Å². The van der Waals surface area contributed by atoms with E-state index in [1.54, 1.807) is 0 Å². The van der Waals surface area contributed by atoms with Crippen LogP contribution < -0.4 is 5.32 Å². The SMILES string of the molecule is N#CCCCCN1CCNCC1. The van der Waals surface area contributed by atoms with Crippen LogP contribution in [0.5, 0.6) is 0 Å². The second-order valence-electron chi connectivity index (χ2n) is 3.21. The van der Waals surface area contributed by atoms with Gasteiger partial charge in [0.2, 0.25) is 0 Å². The minimum absolute atomic E-state index is 0.714. The molecule has 0 aromatic rings. The highest BCUT2D eigenvalue weighted by Crippen LogP contribution is 1.99. The third-order valence-electron chi connectivity index (χ3n) is 2.22. The van der Waals surface area contributed by atoms with Gasteiger partial charge in [-0.1, -0.05) is 0 Å². The third-order valence-corrected chi connectivity index (χ3v) is 2.22. The zero-order valence-electron chi connectivity index (χ0n) is 7.55. The van der Waals surface area contributed by atoms with E-state index in [1.165, 1.54) is 26.1 Å². The van der Waals surface area contributed by atoms with Gasteiger partial charge < -0.3 is 10.2 Å². The molecule has 1 rings (SSSR count). The molecular weight excluding hydrogens is 150 g/mol. The lowest BCUT2D eigenvalue weighted by molar-refractivity contribution is 0.237. The fraction of sp³-hybridized carbons (Fsp3) is 0.889. The van der Waals surface area contributed by atoms with Crippen molar-refractivity contribution in [2.45, 2.75) is 19.3 Å². The minimum atomic E-state index is 0.714. The average molecular weight is 167 g/mol. The van der Waals surface area contributed by atoms with E-state index in [1.807, 2.05) is 0 Å². The summed E-state index contributed by atoms with van der Waals surface area (Å²) in [5.41, 5.74) is 0. The Morgan fingerprint density at radius 2 is 2.00 bits per heavy atom. The van der Waals surface area contributed by atoms with Crippen molar-refractivity contribution in [2.24, 2.45) is 0 Å². The van der Waals surface area contributed by atoms with E-state index < -0.39 is 0 Å². The predicted octanol–water partition coefficient (Wildman–Crippen LogP) is 0.585. The van der Waals surface area contributed by atoms with Gasteiger partial charge in [0.15, 0.2) is 0 Å². The van der Waals surface area contributed by atoms with E-state index in [9.17, 15) is 0 Å². The molecule has 1 fully saturated rings. The minimum Gasteiger partial charge on any atom is -0.314 e. The van der Waals surface area contributed by atoms with E-state index in [0.717, 1.165) is 19.5 Å². The Morgan fingerprint density at radius 3 is 2.67 bits per heavy atom. The van der Waals surface area contributed by atoms with Crippen molar-refractivity contribution in [1.82, 2.24) is 10.2 Å². The molecule has 1 N–H and O–H groups in total. The number of hydrogen-bond donors (Lipinski definition) is 1. The molecule has 68 valence electrons. The largest absolute Gasteiger partial charge is 0.314 e. The Hall–Kier alpha value is -0.590. The quantitative estimate of drug-likeness (QED) is 0.623. The first-order valence-corrected chi connectivity index (χ1v) is 4.73. The maximum absolute atomic E-state index is 8.33. The van der Waals surface area contributed by atoms with Crippen molar-refractivity contribution in [1.29, 1.82) is 5.26 Å². The summed E-state index contributed by atoms with van der Waals surface area (Å²) in [6, 6.07) is 2.17. The first-order chi connectivity index (χ1) is 5.93. The lowest BCUT2D eigenvalue weighted by Crippen LogP contribution is -2.43. The van der Waals surface area contributed by atoms with Gasteiger partial charge in [-0.2, -0.15) is 5.26 Å². The van der Waals surface area contributed by atoms with Crippen molar-refractivity contribution in [3.05, 3.63) is 0 Å². The Morgan fingerprint density at radius 1 is 1.25 bits per heavy atom. The number of hydrogen-bond acceptors (Lipinski definition) is 3. The molecule has 3 nitrogen and oxygen atoms in total. The molecule has 0 atom stereocenters. The standard InChI is InChI=1S/C9H17N3/c10-4-2-1-3-7-12-8-5-11-6-9-12/h11H,1-3,5-9H2. The van der Waals surface area contributed by atoms with E-state index >= 15 is 0 Å². The Bertz CT molecular complexity index is 144. The summed E-state index contributed by atoms with van der Waals surface area (Å²) < 4.78 is 0.